The van der Waals surface area contributed by atoms with Gasteiger partial charge in [-0.3, -0.25) is 4.79 Å². The number of ether oxygens (including phenoxy) is 1. The number of hydrogen-bond acceptors (Lipinski definition) is 4. The molecule has 0 amide bonds. The van der Waals surface area contributed by atoms with E-state index in [-0.39, 0.29) is 18.7 Å². The minimum Gasteiger partial charge on any atom is -0.462 e. The first-order valence-corrected chi connectivity index (χ1v) is 21.2. The summed E-state index contributed by atoms with van der Waals surface area (Å²) in [6.45, 7) is 10.3. The first-order chi connectivity index (χ1) is 23.2. The lowest BCUT2D eigenvalue weighted by Crippen LogP contribution is -2.27. The summed E-state index contributed by atoms with van der Waals surface area (Å²) in [4.78, 5) is 15.3. The fourth-order valence-electron chi connectivity index (χ4n) is 6.45. The standard InChI is InChI=1S/C43H83NO3/c1-4-7-10-13-16-18-19-20-22-27-32-38-44(40-34-41-45)39-33-28-23-26-31-37-43(46)47-42(35-29-24-15-12-9-6-3)36-30-25-21-17-14-11-8-5-2/h42,45H,4-12,14-15,17-41H2,1-3H3. The van der Waals surface area contributed by atoms with Gasteiger partial charge in [-0.1, -0.05) is 143 Å². The molecule has 4 nitrogen and oxygen atoms in total. The van der Waals surface area contributed by atoms with Gasteiger partial charge in [0.2, 0.25) is 0 Å². The van der Waals surface area contributed by atoms with Crippen LogP contribution in [0.25, 0.3) is 0 Å². The Morgan fingerprint density at radius 2 is 0.915 bits per heavy atom. The number of carbonyl (C=O) groups is 1. The maximum Gasteiger partial charge on any atom is 0.306 e. The Labute approximate surface area is 295 Å². The average molecular weight is 662 g/mol. The van der Waals surface area contributed by atoms with Gasteiger partial charge in [0, 0.05) is 32.4 Å². The van der Waals surface area contributed by atoms with Crippen molar-refractivity contribution >= 4 is 5.97 Å². The molecule has 4 heteroatoms. The fourth-order valence-corrected chi connectivity index (χ4v) is 6.45. The van der Waals surface area contributed by atoms with Gasteiger partial charge in [-0.15, -0.1) is 11.8 Å². The Morgan fingerprint density at radius 1 is 0.511 bits per heavy atom. The lowest BCUT2D eigenvalue weighted by Gasteiger charge is -2.22. The van der Waals surface area contributed by atoms with E-state index in [1.807, 2.05) is 0 Å². The molecule has 1 N–H and O–H groups in total. The third kappa shape index (κ3) is 36.1. The molecule has 0 aliphatic rings. The van der Waals surface area contributed by atoms with Crippen LogP contribution in [0.1, 0.15) is 226 Å². The molecule has 0 aliphatic heterocycles. The summed E-state index contributed by atoms with van der Waals surface area (Å²) >= 11 is 0. The summed E-state index contributed by atoms with van der Waals surface area (Å²) < 4.78 is 6.05. The van der Waals surface area contributed by atoms with Crippen LogP contribution in [0.15, 0.2) is 0 Å². The van der Waals surface area contributed by atoms with E-state index in [1.165, 1.54) is 154 Å². The SMILES string of the molecule is CCCCC#CCCCCCCCN(CCCO)CCCCCCCC(=O)OC(CCCCCCCC)CCCCCCCCCC. The van der Waals surface area contributed by atoms with E-state index < -0.39 is 0 Å². The van der Waals surface area contributed by atoms with Gasteiger partial charge in [0.15, 0.2) is 0 Å². The van der Waals surface area contributed by atoms with E-state index in [9.17, 15) is 9.90 Å². The van der Waals surface area contributed by atoms with Crippen LogP contribution < -0.4 is 0 Å². The van der Waals surface area contributed by atoms with E-state index in [0.29, 0.717) is 6.42 Å². The van der Waals surface area contributed by atoms with Crippen LogP contribution in [0, 0.1) is 11.8 Å². The Bertz CT molecular complexity index is 684. The molecule has 278 valence electrons. The second-order valence-corrected chi connectivity index (χ2v) is 14.3. The molecule has 0 bridgehead atoms. The highest BCUT2D eigenvalue weighted by atomic mass is 16.5. The second kappa shape index (κ2) is 39.4. The quantitative estimate of drug-likeness (QED) is 0.0409. The lowest BCUT2D eigenvalue weighted by atomic mass is 10.0. The number of esters is 1. The van der Waals surface area contributed by atoms with Gasteiger partial charge in [-0.25, -0.2) is 0 Å². The van der Waals surface area contributed by atoms with E-state index >= 15 is 0 Å². The van der Waals surface area contributed by atoms with Crippen molar-refractivity contribution in [3.8, 4) is 11.8 Å². The van der Waals surface area contributed by atoms with Crippen molar-refractivity contribution in [2.24, 2.45) is 0 Å². The Balaban J connectivity index is 4.12. The summed E-state index contributed by atoms with van der Waals surface area (Å²) in [6.07, 6.45) is 38.8. The number of unbranched alkanes of at least 4 members (excludes halogenated alkanes) is 23. The van der Waals surface area contributed by atoms with E-state index in [1.54, 1.807) is 0 Å². The molecule has 0 rings (SSSR count). The number of carbonyl (C=O) groups excluding carboxylic acids is 1. The zero-order valence-corrected chi connectivity index (χ0v) is 32.2. The maximum absolute atomic E-state index is 12.7. The zero-order chi connectivity index (χ0) is 34.3. The summed E-state index contributed by atoms with van der Waals surface area (Å²) in [5, 5.41) is 9.35. The second-order valence-electron chi connectivity index (χ2n) is 14.3. The molecule has 0 spiro atoms. The summed E-state index contributed by atoms with van der Waals surface area (Å²) in [7, 11) is 0. The van der Waals surface area contributed by atoms with Crippen molar-refractivity contribution in [3.05, 3.63) is 0 Å². The Hall–Kier alpha value is -1.05. The fraction of sp³-hybridized carbons (Fsp3) is 0.930. The molecule has 0 aromatic rings. The average Bonchev–Trinajstić information content (AvgIpc) is 3.07. The molecule has 0 saturated heterocycles. The van der Waals surface area contributed by atoms with E-state index in [4.69, 9.17) is 4.74 Å². The first-order valence-electron chi connectivity index (χ1n) is 21.2. The number of rotatable bonds is 37. The van der Waals surface area contributed by atoms with Crippen LogP contribution in [-0.4, -0.2) is 48.3 Å². The zero-order valence-electron chi connectivity index (χ0n) is 32.2. The van der Waals surface area contributed by atoms with Crippen molar-refractivity contribution < 1.29 is 14.6 Å². The monoisotopic (exact) mass is 662 g/mol. The summed E-state index contributed by atoms with van der Waals surface area (Å²) in [6, 6.07) is 0. The van der Waals surface area contributed by atoms with Gasteiger partial charge in [0.1, 0.15) is 6.10 Å². The van der Waals surface area contributed by atoms with Gasteiger partial charge in [0.25, 0.3) is 0 Å². The molecule has 1 unspecified atom stereocenters. The summed E-state index contributed by atoms with van der Waals surface area (Å²) in [5.74, 6) is 6.67. The predicted octanol–water partition coefficient (Wildman–Crippen LogP) is 12.7. The van der Waals surface area contributed by atoms with Crippen molar-refractivity contribution in [3.63, 3.8) is 0 Å². The first kappa shape index (κ1) is 46.0. The van der Waals surface area contributed by atoms with Crippen molar-refractivity contribution in [1.29, 1.82) is 0 Å². The van der Waals surface area contributed by atoms with E-state index in [0.717, 1.165) is 64.6 Å². The number of aliphatic hydroxyl groups excluding tert-OH is 1. The van der Waals surface area contributed by atoms with Crippen LogP contribution in [-0.2, 0) is 9.53 Å². The highest BCUT2D eigenvalue weighted by Crippen LogP contribution is 2.19. The van der Waals surface area contributed by atoms with Crippen LogP contribution in [0.3, 0.4) is 0 Å². The van der Waals surface area contributed by atoms with E-state index in [2.05, 4.69) is 37.5 Å². The number of aliphatic hydroxyl groups is 1. The summed E-state index contributed by atoms with van der Waals surface area (Å²) in [5.41, 5.74) is 0. The normalized spacial score (nSPS) is 11.9. The van der Waals surface area contributed by atoms with Gasteiger partial charge in [-0.2, -0.15) is 0 Å². The van der Waals surface area contributed by atoms with Crippen molar-refractivity contribution in [2.45, 2.75) is 232 Å². The molecular weight excluding hydrogens is 578 g/mol. The van der Waals surface area contributed by atoms with Gasteiger partial charge >= 0.3 is 5.97 Å². The third-order valence-corrected chi connectivity index (χ3v) is 9.60. The van der Waals surface area contributed by atoms with Crippen molar-refractivity contribution in [2.75, 3.05) is 26.2 Å². The predicted molar refractivity (Wildman–Crippen MR) is 206 cm³/mol. The molecular formula is C43H83NO3. The van der Waals surface area contributed by atoms with Crippen LogP contribution >= 0.6 is 0 Å². The molecule has 1 atom stereocenters. The van der Waals surface area contributed by atoms with Gasteiger partial charge < -0.3 is 14.7 Å². The molecule has 0 aliphatic carbocycles. The largest absolute Gasteiger partial charge is 0.462 e. The van der Waals surface area contributed by atoms with Crippen LogP contribution in [0.4, 0.5) is 0 Å². The highest BCUT2D eigenvalue weighted by Gasteiger charge is 2.14. The highest BCUT2D eigenvalue weighted by molar-refractivity contribution is 5.69. The minimum absolute atomic E-state index is 0.0376. The molecule has 0 aromatic heterocycles. The van der Waals surface area contributed by atoms with Crippen LogP contribution in [0.2, 0.25) is 0 Å². The molecule has 0 aromatic carbocycles. The lowest BCUT2D eigenvalue weighted by molar-refractivity contribution is -0.150. The minimum atomic E-state index is 0.0376. The smallest absolute Gasteiger partial charge is 0.306 e. The molecule has 0 fully saturated rings. The van der Waals surface area contributed by atoms with Gasteiger partial charge in [0.05, 0.1) is 0 Å². The van der Waals surface area contributed by atoms with Gasteiger partial charge in [-0.05, 0) is 77.3 Å². The molecule has 0 saturated carbocycles. The molecule has 47 heavy (non-hydrogen) atoms. The maximum atomic E-state index is 12.7. The Kier molecular flexibility index (Phi) is 38.5. The van der Waals surface area contributed by atoms with Crippen molar-refractivity contribution in [1.82, 2.24) is 4.90 Å². The molecule has 0 heterocycles. The molecule has 0 radical (unpaired) electrons. The Morgan fingerprint density at radius 3 is 1.43 bits per heavy atom. The third-order valence-electron chi connectivity index (χ3n) is 9.60. The topological polar surface area (TPSA) is 49.8 Å². The number of nitrogens with zero attached hydrogens (tertiary/aromatic N) is 1. The number of hydrogen-bond donors (Lipinski definition) is 1. The van der Waals surface area contributed by atoms with Crippen LogP contribution in [0.5, 0.6) is 0 Å².